The maximum Gasteiger partial charge on any atom is 0.0484 e. The maximum atomic E-state index is 3.15. The lowest BCUT2D eigenvalue weighted by Crippen LogP contribution is -1.89. The zero-order valence-electron chi connectivity index (χ0n) is 6.52. The van der Waals surface area contributed by atoms with Gasteiger partial charge in [-0.2, -0.15) is 0 Å². The quantitative estimate of drug-likeness (QED) is 0.832. The summed E-state index contributed by atoms with van der Waals surface area (Å²) in [5, 5.41) is 3.15. The Morgan fingerprint density at radius 1 is 1.45 bits per heavy atom. The molecule has 11 heavy (non-hydrogen) atoms. The lowest BCUT2D eigenvalue weighted by Gasteiger charge is -2.05. The molecule has 1 nitrogen and oxygen atoms in total. The summed E-state index contributed by atoms with van der Waals surface area (Å²) in [6, 6.07) is 6.40. The van der Waals surface area contributed by atoms with Gasteiger partial charge in [0.15, 0.2) is 0 Å². The van der Waals surface area contributed by atoms with Crippen molar-refractivity contribution in [3.63, 3.8) is 0 Å². The summed E-state index contributed by atoms with van der Waals surface area (Å²) in [6.45, 7) is 2.11. The first kappa shape index (κ1) is 9.19. The number of rotatable bonds is 2. The largest absolute Gasteiger partial charge is 0.387 e. The van der Waals surface area contributed by atoms with Gasteiger partial charge < -0.3 is 5.32 Å². The Morgan fingerprint density at radius 3 is 2.73 bits per heavy atom. The van der Waals surface area contributed by atoms with E-state index in [0.717, 1.165) is 0 Å². The van der Waals surface area contributed by atoms with Crippen molar-refractivity contribution < 1.29 is 0 Å². The van der Waals surface area contributed by atoms with Gasteiger partial charge in [0.25, 0.3) is 0 Å². The van der Waals surface area contributed by atoms with Crippen LogP contribution in [0.5, 0.6) is 0 Å². The fraction of sp³-hybridized carbons (Fsp3) is 0.250. The molecule has 1 aromatic rings. The molecule has 1 rings (SSSR count). The summed E-state index contributed by atoms with van der Waals surface area (Å²) >= 11 is 2.30. The Balaban J connectivity index is 3.06. The Bertz CT molecular complexity index is 250. The molecular formula is C8H10INS. The number of hydrogen-bond acceptors (Lipinski definition) is 2. The van der Waals surface area contributed by atoms with E-state index >= 15 is 0 Å². The summed E-state index contributed by atoms with van der Waals surface area (Å²) in [7, 11) is 3.69. The van der Waals surface area contributed by atoms with Gasteiger partial charge in [0.1, 0.15) is 0 Å². The molecule has 0 aliphatic heterocycles. The third-order valence-electron chi connectivity index (χ3n) is 1.49. The van der Waals surface area contributed by atoms with Crippen LogP contribution in [-0.4, -0.2) is 7.05 Å². The van der Waals surface area contributed by atoms with Crippen molar-refractivity contribution in [1.82, 2.24) is 0 Å². The van der Waals surface area contributed by atoms with Crippen molar-refractivity contribution in [2.24, 2.45) is 0 Å². The summed E-state index contributed by atoms with van der Waals surface area (Å²) < 4.78 is 0. The standard InChI is InChI=1S/C8H10INS/c1-6-3-4-7(10-2)8(5-6)11-9/h3-5,10H,1-2H3. The molecule has 0 spiro atoms. The monoisotopic (exact) mass is 279 g/mol. The molecule has 1 aromatic carbocycles. The Labute approximate surface area is 83.5 Å². The summed E-state index contributed by atoms with van der Waals surface area (Å²) in [4.78, 5) is 1.30. The summed E-state index contributed by atoms with van der Waals surface area (Å²) in [5.41, 5.74) is 2.51. The number of halogens is 1. The molecule has 0 heterocycles. The van der Waals surface area contributed by atoms with E-state index in [1.54, 1.807) is 8.93 Å². The highest BCUT2D eigenvalue weighted by atomic mass is 127. The second-order valence-electron chi connectivity index (χ2n) is 2.33. The van der Waals surface area contributed by atoms with Gasteiger partial charge in [0, 0.05) is 38.8 Å². The molecule has 1 N–H and O–H groups in total. The van der Waals surface area contributed by atoms with Crippen LogP contribution in [0.15, 0.2) is 23.1 Å². The number of aryl methyl sites for hydroxylation is 1. The number of nitrogens with one attached hydrogen (secondary N) is 1. The minimum absolute atomic E-state index is 1.20. The van der Waals surface area contributed by atoms with E-state index in [-0.39, 0.29) is 0 Å². The minimum Gasteiger partial charge on any atom is -0.387 e. The molecule has 0 atom stereocenters. The Hall–Kier alpha value is 0.1000. The van der Waals surface area contributed by atoms with Gasteiger partial charge in [-0.05, 0) is 24.6 Å². The third-order valence-corrected chi connectivity index (χ3v) is 3.42. The van der Waals surface area contributed by atoms with Crippen LogP contribution < -0.4 is 5.32 Å². The highest BCUT2D eigenvalue weighted by Gasteiger charge is 1.98. The van der Waals surface area contributed by atoms with Crippen molar-refractivity contribution >= 4 is 35.8 Å². The number of hydrogen-bond donors (Lipinski definition) is 1. The molecule has 0 fully saturated rings. The fourth-order valence-electron chi connectivity index (χ4n) is 0.900. The fourth-order valence-corrected chi connectivity index (χ4v) is 2.48. The van der Waals surface area contributed by atoms with Gasteiger partial charge >= 0.3 is 0 Å². The van der Waals surface area contributed by atoms with E-state index in [9.17, 15) is 0 Å². The number of anilines is 1. The van der Waals surface area contributed by atoms with Crippen LogP contribution in [0.25, 0.3) is 0 Å². The maximum absolute atomic E-state index is 3.15. The zero-order valence-corrected chi connectivity index (χ0v) is 9.49. The van der Waals surface area contributed by atoms with Gasteiger partial charge in [-0.15, -0.1) is 0 Å². The van der Waals surface area contributed by atoms with Crippen LogP contribution in [0.3, 0.4) is 0 Å². The molecule has 0 unspecified atom stereocenters. The molecule has 0 aliphatic rings. The Morgan fingerprint density at radius 2 is 2.18 bits per heavy atom. The van der Waals surface area contributed by atoms with Crippen molar-refractivity contribution in [3.05, 3.63) is 23.8 Å². The van der Waals surface area contributed by atoms with E-state index in [4.69, 9.17) is 0 Å². The molecule has 0 radical (unpaired) electrons. The molecule has 60 valence electrons. The predicted molar refractivity (Wildman–Crippen MR) is 60.6 cm³/mol. The zero-order chi connectivity index (χ0) is 8.27. The van der Waals surface area contributed by atoms with E-state index in [0.29, 0.717) is 0 Å². The first-order chi connectivity index (χ1) is 5.27. The molecule has 3 heteroatoms. The first-order valence-electron chi connectivity index (χ1n) is 3.35. The van der Waals surface area contributed by atoms with Crippen molar-refractivity contribution in [1.29, 1.82) is 0 Å². The van der Waals surface area contributed by atoms with Crippen LogP contribution in [-0.2, 0) is 0 Å². The lowest BCUT2D eigenvalue weighted by molar-refractivity contribution is 1.33. The number of benzene rings is 1. The normalized spacial score (nSPS) is 9.73. The van der Waals surface area contributed by atoms with Crippen molar-refractivity contribution in [3.8, 4) is 0 Å². The second-order valence-corrected chi connectivity index (χ2v) is 4.24. The van der Waals surface area contributed by atoms with Crippen LogP contribution in [0.1, 0.15) is 5.56 Å². The predicted octanol–water partition coefficient (Wildman–Crippen LogP) is 3.48. The molecule has 0 aromatic heterocycles. The van der Waals surface area contributed by atoms with E-state index in [1.165, 1.54) is 16.1 Å². The average molecular weight is 279 g/mol. The molecule has 0 amide bonds. The van der Waals surface area contributed by atoms with Gasteiger partial charge in [-0.1, -0.05) is 15.0 Å². The van der Waals surface area contributed by atoms with Crippen LogP contribution in [0.4, 0.5) is 5.69 Å². The first-order valence-corrected chi connectivity index (χ1v) is 6.71. The second kappa shape index (κ2) is 4.21. The summed E-state index contributed by atoms with van der Waals surface area (Å²) in [6.07, 6.45) is 0. The van der Waals surface area contributed by atoms with Crippen molar-refractivity contribution in [2.45, 2.75) is 11.8 Å². The third kappa shape index (κ3) is 2.27. The SMILES string of the molecule is CNc1ccc(C)cc1SI. The topological polar surface area (TPSA) is 12.0 Å². The lowest BCUT2D eigenvalue weighted by atomic mass is 10.2. The molecule has 0 bridgehead atoms. The Kier molecular flexibility index (Phi) is 3.51. The van der Waals surface area contributed by atoms with Crippen LogP contribution in [0, 0.1) is 6.92 Å². The highest BCUT2D eigenvalue weighted by molar-refractivity contribution is 14.2. The highest BCUT2D eigenvalue weighted by Crippen LogP contribution is 2.32. The summed E-state index contributed by atoms with van der Waals surface area (Å²) in [5.74, 6) is 0. The smallest absolute Gasteiger partial charge is 0.0484 e. The van der Waals surface area contributed by atoms with Gasteiger partial charge in [0.05, 0.1) is 0 Å². The van der Waals surface area contributed by atoms with Gasteiger partial charge in [0.2, 0.25) is 0 Å². The van der Waals surface area contributed by atoms with Crippen molar-refractivity contribution in [2.75, 3.05) is 12.4 Å². The molecule has 0 saturated heterocycles. The van der Waals surface area contributed by atoms with E-state index < -0.39 is 0 Å². The van der Waals surface area contributed by atoms with Crippen LogP contribution in [0.2, 0.25) is 0 Å². The van der Waals surface area contributed by atoms with Crippen LogP contribution >= 0.6 is 30.1 Å². The van der Waals surface area contributed by atoms with E-state index in [2.05, 4.69) is 51.6 Å². The van der Waals surface area contributed by atoms with E-state index in [1.807, 2.05) is 7.05 Å². The average Bonchev–Trinajstić information content (AvgIpc) is 2.04. The molecule has 0 aliphatic carbocycles. The van der Waals surface area contributed by atoms with Gasteiger partial charge in [-0.25, -0.2) is 0 Å². The van der Waals surface area contributed by atoms with Gasteiger partial charge in [-0.3, -0.25) is 0 Å². The molecule has 0 saturated carbocycles. The molecular weight excluding hydrogens is 269 g/mol. The minimum atomic E-state index is 1.20.